The maximum Gasteiger partial charge on any atom is 0.411 e. The molecule has 1 fully saturated rings. The van der Waals surface area contributed by atoms with E-state index in [1.165, 1.54) is 11.8 Å². The number of rotatable bonds is 3. The Labute approximate surface area is 194 Å². The highest BCUT2D eigenvalue weighted by Gasteiger charge is 2.34. The minimum atomic E-state index is -1.05. The van der Waals surface area contributed by atoms with Crippen LogP contribution in [-0.4, -0.2) is 78.6 Å². The van der Waals surface area contributed by atoms with Gasteiger partial charge >= 0.3 is 6.09 Å². The van der Waals surface area contributed by atoms with Crippen molar-refractivity contribution in [1.82, 2.24) is 9.80 Å². The Morgan fingerprint density at radius 1 is 0.970 bits per heavy atom. The molecule has 1 N–H and O–H groups in total. The van der Waals surface area contributed by atoms with Crippen LogP contribution in [0.25, 0.3) is 11.1 Å². The number of benzene rings is 2. The molecule has 0 bridgehead atoms. The normalized spacial score (nSPS) is 20.2. The van der Waals surface area contributed by atoms with E-state index in [9.17, 15) is 19.5 Å². The summed E-state index contributed by atoms with van der Waals surface area (Å²) in [4.78, 5) is 43.9. The number of likely N-dealkylation sites (tertiary alicyclic amines) is 1. The summed E-state index contributed by atoms with van der Waals surface area (Å²) in [7, 11) is 4.07. The average molecular weight is 451 g/mol. The number of carboxylic acid groups (broad SMARTS) is 1. The lowest BCUT2D eigenvalue weighted by Crippen LogP contribution is -2.51. The second-order valence-electron chi connectivity index (χ2n) is 9.07. The third-order valence-electron chi connectivity index (χ3n) is 6.63. The SMILES string of the molecule is CC(=O)N1c2ccc(-c3ccc(C(=O)N4CC[C@@H](N(C)C)C4)cc3)cc2N(C(=O)O)C[C@@H]1C. The van der Waals surface area contributed by atoms with Crippen LogP contribution in [0.15, 0.2) is 42.5 Å². The highest BCUT2D eigenvalue weighted by atomic mass is 16.4. The molecule has 4 rings (SSSR count). The van der Waals surface area contributed by atoms with Gasteiger partial charge in [0, 0.05) is 38.2 Å². The highest BCUT2D eigenvalue weighted by molar-refractivity contribution is 6.03. The van der Waals surface area contributed by atoms with Crippen molar-refractivity contribution in [3.05, 3.63) is 48.0 Å². The molecule has 0 unspecified atom stereocenters. The first-order valence-electron chi connectivity index (χ1n) is 11.2. The van der Waals surface area contributed by atoms with Gasteiger partial charge in [0.25, 0.3) is 5.91 Å². The fourth-order valence-corrected chi connectivity index (χ4v) is 4.80. The standard InChI is InChI=1S/C25H30N4O4/c1-16-14-28(25(32)33)23-13-20(9-10-22(23)29(16)17(2)30)18-5-7-19(8-6-18)24(31)27-12-11-21(15-27)26(3)4/h5-10,13,16,21H,11-12,14-15H2,1-4H3,(H,32,33)/t16-,21+/m0/s1. The van der Waals surface area contributed by atoms with Gasteiger partial charge < -0.3 is 19.8 Å². The smallest absolute Gasteiger partial charge is 0.411 e. The van der Waals surface area contributed by atoms with Gasteiger partial charge in [-0.2, -0.15) is 0 Å². The largest absolute Gasteiger partial charge is 0.465 e. The van der Waals surface area contributed by atoms with Crippen molar-refractivity contribution < 1.29 is 19.5 Å². The Balaban J connectivity index is 1.60. The van der Waals surface area contributed by atoms with Gasteiger partial charge in [-0.3, -0.25) is 14.5 Å². The summed E-state index contributed by atoms with van der Waals surface area (Å²) in [6, 6.07) is 13.0. The Hall–Kier alpha value is -3.39. The molecule has 174 valence electrons. The molecular formula is C25H30N4O4. The first kappa shape index (κ1) is 22.8. The molecule has 2 aliphatic heterocycles. The van der Waals surface area contributed by atoms with Gasteiger partial charge in [0.15, 0.2) is 0 Å². The van der Waals surface area contributed by atoms with E-state index in [4.69, 9.17) is 0 Å². The van der Waals surface area contributed by atoms with Crippen molar-refractivity contribution in [2.75, 3.05) is 43.5 Å². The van der Waals surface area contributed by atoms with E-state index in [0.29, 0.717) is 23.0 Å². The molecule has 1 saturated heterocycles. The molecule has 8 nitrogen and oxygen atoms in total. The van der Waals surface area contributed by atoms with E-state index in [-0.39, 0.29) is 24.4 Å². The van der Waals surface area contributed by atoms with Crippen LogP contribution in [0, 0.1) is 0 Å². The van der Waals surface area contributed by atoms with E-state index in [0.717, 1.165) is 30.6 Å². The molecule has 0 aromatic heterocycles. The van der Waals surface area contributed by atoms with Crippen LogP contribution in [0.5, 0.6) is 0 Å². The number of anilines is 2. The maximum absolute atomic E-state index is 12.9. The molecule has 0 spiro atoms. The molecule has 2 aromatic rings. The van der Waals surface area contributed by atoms with Crippen molar-refractivity contribution in [1.29, 1.82) is 0 Å². The molecule has 0 saturated carbocycles. The monoisotopic (exact) mass is 450 g/mol. The van der Waals surface area contributed by atoms with Crippen LogP contribution < -0.4 is 9.80 Å². The number of carbonyl (C=O) groups is 3. The summed E-state index contributed by atoms with van der Waals surface area (Å²) >= 11 is 0. The molecule has 2 heterocycles. The lowest BCUT2D eigenvalue weighted by molar-refractivity contribution is -0.117. The number of carbonyl (C=O) groups excluding carboxylic acids is 2. The fourth-order valence-electron chi connectivity index (χ4n) is 4.80. The van der Waals surface area contributed by atoms with Crippen LogP contribution in [-0.2, 0) is 4.79 Å². The molecular weight excluding hydrogens is 420 g/mol. The first-order valence-corrected chi connectivity index (χ1v) is 11.2. The number of likely N-dealkylation sites (N-methyl/N-ethyl adjacent to an activating group) is 1. The van der Waals surface area contributed by atoms with Crippen molar-refractivity contribution in [2.24, 2.45) is 0 Å². The number of amides is 3. The van der Waals surface area contributed by atoms with E-state index in [2.05, 4.69) is 4.90 Å². The van der Waals surface area contributed by atoms with Crippen LogP contribution in [0.4, 0.5) is 16.2 Å². The Morgan fingerprint density at radius 3 is 2.21 bits per heavy atom. The summed E-state index contributed by atoms with van der Waals surface area (Å²) in [5.74, 6) is -0.0951. The van der Waals surface area contributed by atoms with Crippen LogP contribution in [0.1, 0.15) is 30.6 Å². The van der Waals surface area contributed by atoms with Gasteiger partial charge in [-0.25, -0.2) is 4.79 Å². The minimum absolute atomic E-state index is 0.0273. The molecule has 33 heavy (non-hydrogen) atoms. The Bertz CT molecular complexity index is 1080. The van der Waals surface area contributed by atoms with Crippen molar-refractivity contribution in [3.8, 4) is 11.1 Å². The van der Waals surface area contributed by atoms with Crippen molar-refractivity contribution in [3.63, 3.8) is 0 Å². The van der Waals surface area contributed by atoms with E-state index >= 15 is 0 Å². The van der Waals surface area contributed by atoms with Crippen molar-refractivity contribution >= 4 is 29.3 Å². The zero-order valence-electron chi connectivity index (χ0n) is 19.5. The van der Waals surface area contributed by atoms with E-state index in [1.807, 2.05) is 56.3 Å². The maximum atomic E-state index is 12.9. The summed E-state index contributed by atoms with van der Waals surface area (Å²) in [6.07, 6.45) is -0.0758. The zero-order chi connectivity index (χ0) is 23.9. The molecule has 0 aliphatic carbocycles. The Morgan fingerprint density at radius 2 is 1.64 bits per heavy atom. The number of nitrogens with zero attached hydrogens (tertiary/aromatic N) is 4. The third-order valence-corrected chi connectivity index (χ3v) is 6.63. The number of fused-ring (bicyclic) bond motifs is 1. The van der Waals surface area contributed by atoms with E-state index in [1.54, 1.807) is 17.0 Å². The third kappa shape index (κ3) is 4.30. The minimum Gasteiger partial charge on any atom is -0.465 e. The summed E-state index contributed by atoms with van der Waals surface area (Å²) in [5, 5.41) is 9.72. The van der Waals surface area contributed by atoms with Gasteiger partial charge in [-0.15, -0.1) is 0 Å². The number of hydrogen-bond acceptors (Lipinski definition) is 4. The van der Waals surface area contributed by atoms with Crippen LogP contribution in [0.3, 0.4) is 0 Å². The quantitative estimate of drug-likeness (QED) is 0.775. The molecule has 2 atom stereocenters. The predicted octanol–water partition coefficient (Wildman–Crippen LogP) is 3.37. The van der Waals surface area contributed by atoms with Crippen LogP contribution >= 0.6 is 0 Å². The van der Waals surface area contributed by atoms with Gasteiger partial charge in [-0.05, 0) is 62.8 Å². The second-order valence-corrected chi connectivity index (χ2v) is 9.07. The fraction of sp³-hybridized carbons (Fsp3) is 0.400. The molecule has 2 aliphatic rings. The van der Waals surface area contributed by atoms with Crippen LogP contribution in [0.2, 0.25) is 0 Å². The molecule has 8 heteroatoms. The summed E-state index contributed by atoms with van der Waals surface area (Å²) < 4.78 is 0. The summed E-state index contributed by atoms with van der Waals surface area (Å²) in [6.45, 7) is 5.02. The first-order chi connectivity index (χ1) is 15.7. The molecule has 3 amide bonds. The Kier molecular flexibility index (Phi) is 6.12. The number of hydrogen-bond donors (Lipinski definition) is 1. The predicted molar refractivity (Wildman–Crippen MR) is 128 cm³/mol. The highest BCUT2D eigenvalue weighted by Crippen LogP contribution is 2.39. The lowest BCUT2D eigenvalue weighted by Gasteiger charge is -2.39. The van der Waals surface area contributed by atoms with Gasteiger partial charge in [0.2, 0.25) is 5.91 Å². The average Bonchev–Trinajstić information content (AvgIpc) is 3.28. The summed E-state index contributed by atoms with van der Waals surface area (Å²) in [5.41, 5.74) is 3.41. The topological polar surface area (TPSA) is 84.4 Å². The lowest BCUT2D eigenvalue weighted by atomic mass is 9.99. The molecule has 0 radical (unpaired) electrons. The van der Waals surface area contributed by atoms with Gasteiger partial charge in [0.1, 0.15) is 0 Å². The van der Waals surface area contributed by atoms with Crippen molar-refractivity contribution in [2.45, 2.75) is 32.4 Å². The van der Waals surface area contributed by atoms with Gasteiger partial charge in [-0.1, -0.05) is 18.2 Å². The molecule has 2 aromatic carbocycles. The van der Waals surface area contributed by atoms with E-state index < -0.39 is 6.09 Å². The zero-order valence-corrected chi connectivity index (χ0v) is 19.5. The van der Waals surface area contributed by atoms with Gasteiger partial charge in [0.05, 0.1) is 17.4 Å². The second kappa shape index (κ2) is 8.86.